The first-order chi connectivity index (χ1) is 6.04. The maximum Gasteiger partial charge on any atom is 0.468 e. The summed E-state index contributed by atoms with van der Waals surface area (Å²) in [5.74, 6) is -0.363. The lowest BCUT2D eigenvalue weighted by Crippen LogP contribution is -2.03. The van der Waals surface area contributed by atoms with E-state index in [1.54, 1.807) is 0 Å². The molecule has 70 valence electrons. The van der Waals surface area contributed by atoms with Crippen LogP contribution in [0.2, 0.25) is 0 Å². The van der Waals surface area contributed by atoms with Crippen LogP contribution >= 0.6 is 0 Å². The molecule has 0 atom stereocenters. The molecule has 13 heavy (non-hydrogen) atoms. The van der Waals surface area contributed by atoms with Gasteiger partial charge in [-0.25, -0.2) is 4.79 Å². The Bertz CT molecular complexity index is 284. The van der Waals surface area contributed by atoms with Crippen molar-refractivity contribution in [1.82, 2.24) is 9.97 Å². The average molecular weight is 186 g/mol. The fourth-order valence-corrected chi connectivity index (χ4v) is 0.386. The minimum absolute atomic E-state index is 0.363. The van der Waals surface area contributed by atoms with Crippen molar-refractivity contribution in [3.05, 3.63) is 28.6 Å². The Morgan fingerprint density at radius 2 is 1.92 bits per heavy atom. The number of carboxylic acid groups (broad SMARTS) is 1. The highest BCUT2D eigenvalue weighted by Crippen LogP contribution is 1.95. The van der Waals surface area contributed by atoms with Crippen molar-refractivity contribution < 1.29 is 14.8 Å². The van der Waals surface area contributed by atoms with Crippen LogP contribution in [0.3, 0.4) is 0 Å². The van der Waals surface area contributed by atoms with Crippen molar-refractivity contribution in [2.75, 3.05) is 0 Å². The van der Waals surface area contributed by atoms with Gasteiger partial charge in [-0.2, -0.15) is 0 Å². The van der Waals surface area contributed by atoms with Crippen molar-refractivity contribution in [2.45, 2.75) is 0 Å². The van der Waals surface area contributed by atoms with E-state index in [1.165, 1.54) is 18.5 Å². The number of carbonyl (C=O) groups is 1. The van der Waals surface area contributed by atoms with Gasteiger partial charge in [0.2, 0.25) is 0 Å². The van der Waals surface area contributed by atoms with Crippen LogP contribution in [-0.4, -0.2) is 26.1 Å². The number of amides is 1. The van der Waals surface area contributed by atoms with E-state index in [2.05, 4.69) is 15.7 Å². The van der Waals surface area contributed by atoms with Gasteiger partial charge in [0.25, 0.3) is 0 Å². The summed E-state index contributed by atoms with van der Waals surface area (Å²) < 4.78 is 0. The molecule has 1 aromatic rings. The molecule has 0 bridgehead atoms. The van der Waals surface area contributed by atoms with Crippen molar-refractivity contribution in [3.8, 4) is 0 Å². The number of nitrogens with two attached hydrogens (primary N) is 1. The second-order valence-electron chi connectivity index (χ2n) is 1.64. The second kappa shape index (κ2) is 5.41. The smallest absolute Gasteiger partial charge is 0.465 e. The molecule has 0 spiro atoms. The van der Waals surface area contributed by atoms with E-state index >= 15 is 0 Å². The third kappa shape index (κ3) is 6.16. The normalized spacial score (nSPS) is 8.00. The van der Waals surface area contributed by atoms with E-state index in [4.69, 9.17) is 9.90 Å². The molecule has 8 heteroatoms. The van der Waals surface area contributed by atoms with Gasteiger partial charge in [0, 0.05) is 6.07 Å². The van der Waals surface area contributed by atoms with Gasteiger partial charge in [-0.1, -0.05) is 9.97 Å². The second-order valence-corrected chi connectivity index (χ2v) is 1.64. The fourth-order valence-electron chi connectivity index (χ4n) is 0.386. The van der Waals surface area contributed by atoms with E-state index < -0.39 is 11.0 Å². The van der Waals surface area contributed by atoms with E-state index in [9.17, 15) is 10.1 Å². The lowest BCUT2D eigenvalue weighted by atomic mass is 10.7. The van der Waals surface area contributed by atoms with Crippen LogP contribution in [0, 0.1) is 10.1 Å². The molecule has 8 nitrogen and oxygen atoms in total. The predicted octanol–water partition coefficient (Wildman–Crippen LogP) is 0.00790. The van der Waals surface area contributed by atoms with E-state index in [0.717, 1.165) is 0 Å². The van der Waals surface area contributed by atoms with Gasteiger partial charge >= 0.3 is 12.0 Å². The Morgan fingerprint density at radius 1 is 1.54 bits per heavy atom. The SMILES string of the molecule is NC(=O)O.O=[N+]([O-])c1ncccn1. The van der Waals surface area contributed by atoms with Crippen LogP contribution in [0.4, 0.5) is 10.7 Å². The van der Waals surface area contributed by atoms with Crippen LogP contribution in [0.5, 0.6) is 0 Å². The van der Waals surface area contributed by atoms with Crippen LogP contribution in [0.15, 0.2) is 18.5 Å². The van der Waals surface area contributed by atoms with Gasteiger partial charge in [0.05, 0.1) is 0 Å². The summed E-state index contributed by atoms with van der Waals surface area (Å²) in [6, 6.07) is 1.52. The minimum atomic E-state index is -1.33. The molecule has 0 saturated heterocycles. The molecule has 3 N–H and O–H groups in total. The number of nitro groups is 1. The van der Waals surface area contributed by atoms with Crippen molar-refractivity contribution in [1.29, 1.82) is 0 Å². The molecule has 0 radical (unpaired) electrons. The molecule has 1 aromatic heterocycles. The average Bonchev–Trinajstić information content (AvgIpc) is 2.05. The van der Waals surface area contributed by atoms with Gasteiger partial charge < -0.3 is 21.0 Å². The molecule has 0 saturated carbocycles. The van der Waals surface area contributed by atoms with Crippen LogP contribution < -0.4 is 5.73 Å². The largest absolute Gasteiger partial charge is 0.468 e. The lowest BCUT2D eigenvalue weighted by Gasteiger charge is -1.86. The third-order valence-electron chi connectivity index (χ3n) is 0.715. The van der Waals surface area contributed by atoms with Gasteiger partial charge in [-0.05, 0) is 4.92 Å². The van der Waals surface area contributed by atoms with Crippen molar-refractivity contribution >= 4 is 12.0 Å². The van der Waals surface area contributed by atoms with Gasteiger partial charge in [-0.15, -0.1) is 0 Å². The Balaban J connectivity index is 0.000000310. The first kappa shape index (κ1) is 10.8. The van der Waals surface area contributed by atoms with Crippen LogP contribution in [0.1, 0.15) is 0 Å². The monoisotopic (exact) mass is 186 g/mol. The predicted molar refractivity (Wildman–Crippen MR) is 40.9 cm³/mol. The summed E-state index contributed by atoms with van der Waals surface area (Å²) in [5, 5.41) is 17.1. The first-order valence-electron chi connectivity index (χ1n) is 2.94. The minimum Gasteiger partial charge on any atom is -0.465 e. The quantitative estimate of drug-likeness (QED) is 0.468. The maximum absolute atomic E-state index is 9.88. The zero-order valence-electron chi connectivity index (χ0n) is 6.32. The summed E-state index contributed by atoms with van der Waals surface area (Å²) in [6.07, 6.45) is 1.32. The maximum atomic E-state index is 9.88. The first-order valence-corrected chi connectivity index (χ1v) is 2.94. The summed E-state index contributed by atoms with van der Waals surface area (Å²) in [7, 11) is 0. The van der Waals surface area contributed by atoms with Crippen molar-refractivity contribution in [2.24, 2.45) is 5.73 Å². The number of hydrogen-bond donors (Lipinski definition) is 2. The Hall–Kier alpha value is -2.25. The number of nitrogens with zero attached hydrogens (tertiary/aromatic N) is 3. The van der Waals surface area contributed by atoms with Crippen LogP contribution in [0.25, 0.3) is 0 Å². The topological polar surface area (TPSA) is 132 Å². The molecule has 0 fully saturated rings. The highest BCUT2D eigenvalue weighted by molar-refractivity contribution is 5.61. The molecule has 1 rings (SSSR count). The number of aromatic nitrogens is 2. The molecule has 0 aliphatic rings. The Labute approximate surface area is 72.2 Å². The molecule has 1 amide bonds. The lowest BCUT2D eigenvalue weighted by molar-refractivity contribution is -0.394. The summed E-state index contributed by atoms with van der Waals surface area (Å²) in [6.45, 7) is 0. The summed E-state index contributed by atoms with van der Waals surface area (Å²) in [4.78, 5) is 24.8. The van der Waals surface area contributed by atoms with E-state index in [1.807, 2.05) is 0 Å². The molecular weight excluding hydrogens is 180 g/mol. The highest BCUT2D eigenvalue weighted by Gasteiger charge is 2.02. The summed E-state index contributed by atoms with van der Waals surface area (Å²) >= 11 is 0. The van der Waals surface area contributed by atoms with Gasteiger partial charge in [0.1, 0.15) is 12.4 Å². The van der Waals surface area contributed by atoms with Crippen LogP contribution in [-0.2, 0) is 0 Å². The number of rotatable bonds is 1. The molecule has 1 heterocycles. The molecule has 0 unspecified atom stereocenters. The molecule has 0 aliphatic carbocycles. The number of primary amides is 1. The summed E-state index contributed by atoms with van der Waals surface area (Å²) in [5.41, 5.74) is 4.03. The van der Waals surface area contributed by atoms with Crippen molar-refractivity contribution in [3.63, 3.8) is 0 Å². The standard InChI is InChI=1S/C4H3N3O2.CH3NO2/c8-7(9)4-5-2-1-3-6-4;2-1(3)4/h1-3H;2H2,(H,3,4). The van der Waals surface area contributed by atoms with Gasteiger partial charge in [-0.3, -0.25) is 0 Å². The number of hydrogen-bond acceptors (Lipinski definition) is 5. The third-order valence-corrected chi connectivity index (χ3v) is 0.715. The fraction of sp³-hybridized carbons (Fsp3) is 0. The Morgan fingerprint density at radius 3 is 2.15 bits per heavy atom. The molecular formula is C5H6N4O4. The van der Waals surface area contributed by atoms with Gasteiger partial charge in [0.15, 0.2) is 0 Å². The highest BCUT2D eigenvalue weighted by atomic mass is 16.6. The molecule has 0 aromatic carbocycles. The molecule has 0 aliphatic heterocycles. The Kier molecular flexibility index (Phi) is 4.47. The zero-order chi connectivity index (χ0) is 10.3. The van der Waals surface area contributed by atoms with E-state index in [0.29, 0.717) is 0 Å². The zero-order valence-corrected chi connectivity index (χ0v) is 6.32. The van der Waals surface area contributed by atoms with E-state index in [-0.39, 0.29) is 5.95 Å².